The third kappa shape index (κ3) is 4.29. The molecule has 0 aliphatic carbocycles. The van der Waals surface area contributed by atoms with Crippen molar-refractivity contribution in [3.05, 3.63) is 120 Å². The van der Waals surface area contributed by atoms with E-state index in [4.69, 9.17) is 14.2 Å². The molecule has 3 aromatic carbocycles. The highest BCUT2D eigenvalue weighted by Crippen LogP contribution is 2.38. The average Bonchev–Trinajstić information content (AvgIpc) is 2.86. The van der Waals surface area contributed by atoms with E-state index in [1.807, 2.05) is 78.9 Å². The van der Waals surface area contributed by atoms with E-state index in [2.05, 4.69) is 4.98 Å². The van der Waals surface area contributed by atoms with E-state index in [1.54, 1.807) is 24.5 Å². The second kappa shape index (κ2) is 9.12. The van der Waals surface area contributed by atoms with Crippen LogP contribution in [0, 0.1) is 0 Å². The Morgan fingerprint density at radius 3 is 2.22 bits per heavy atom. The molecule has 5 nitrogen and oxygen atoms in total. The Morgan fingerprint density at radius 1 is 0.844 bits per heavy atom. The summed E-state index contributed by atoms with van der Waals surface area (Å²) >= 11 is 0. The van der Waals surface area contributed by atoms with Gasteiger partial charge in [-0.25, -0.2) is 0 Å². The summed E-state index contributed by atoms with van der Waals surface area (Å²) in [4.78, 5) is 4.06. The van der Waals surface area contributed by atoms with Gasteiger partial charge in [-0.15, -0.1) is 0 Å². The largest absolute Gasteiger partial charge is 0.489 e. The minimum Gasteiger partial charge on any atom is -0.489 e. The summed E-state index contributed by atoms with van der Waals surface area (Å²) in [7, 11) is 0. The van der Waals surface area contributed by atoms with E-state index in [0.717, 1.165) is 11.1 Å². The Morgan fingerprint density at radius 2 is 1.56 bits per heavy atom. The Labute approximate surface area is 186 Å². The predicted octanol–water partition coefficient (Wildman–Crippen LogP) is 5.12. The molecule has 32 heavy (non-hydrogen) atoms. The van der Waals surface area contributed by atoms with Crippen molar-refractivity contribution < 1.29 is 19.3 Å². The molecule has 4 aromatic rings. The van der Waals surface area contributed by atoms with E-state index in [0.29, 0.717) is 22.8 Å². The van der Waals surface area contributed by atoms with Gasteiger partial charge in [0.25, 0.3) is 0 Å². The summed E-state index contributed by atoms with van der Waals surface area (Å²) in [6, 6.07) is 29.3. The molecular formula is C27H23NO4. The topological polar surface area (TPSA) is 60.8 Å². The number of fused-ring (bicyclic) bond motifs is 1. The van der Waals surface area contributed by atoms with E-state index >= 15 is 0 Å². The standard InChI is InChI=1S/C27H23NO4/c29-26-23-16-21(13-14-24(23)30-18-25(26)31-22-12-7-15-28-17-22)32-27(19-8-3-1-4-9-19)20-10-5-2-6-11-20/h1-17,25-27,29H,18H2/t25-,26+/m0/s1. The molecule has 0 fully saturated rings. The van der Waals surface area contributed by atoms with Crippen molar-refractivity contribution in [2.45, 2.75) is 18.3 Å². The summed E-state index contributed by atoms with van der Waals surface area (Å²) < 4.78 is 18.2. The van der Waals surface area contributed by atoms with Crippen molar-refractivity contribution in [1.29, 1.82) is 0 Å². The summed E-state index contributed by atoms with van der Waals surface area (Å²) in [6.45, 7) is 0.250. The Hall–Kier alpha value is -3.83. The number of hydrogen-bond acceptors (Lipinski definition) is 5. The molecular weight excluding hydrogens is 402 g/mol. The zero-order valence-corrected chi connectivity index (χ0v) is 17.4. The van der Waals surface area contributed by atoms with Gasteiger partial charge in [0.15, 0.2) is 6.10 Å². The highest BCUT2D eigenvalue weighted by molar-refractivity contribution is 5.44. The van der Waals surface area contributed by atoms with Crippen molar-refractivity contribution in [3.8, 4) is 17.2 Å². The van der Waals surface area contributed by atoms with Gasteiger partial charge in [-0.2, -0.15) is 0 Å². The Balaban J connectivity index is 1.41. The quantitative estimate of drug-likeness (QED) is 0.464. The zero-order chi connectivity index (χ0) is 21.8. The molecule has 0 saturated heterocycles. The van der Waals surface area contributed by atoms with Crippen molar-refractivity contribution in [2.75, 3.05) is 6.61 Å². The van der Waals surface area contributed by atoms with Crippen molar-refractivity contribution >= 4 is 0 Å². The first-order valence-electron chi connectivity index (χ1n) is 10.6. The lowest BCUT2D eigenvalue weighted by atomic mass is 9.99. The van der Waals surface area contributed by atoms with E-state index in [1.165, 1.54) is 0 Å². The molecule has 1 N–H and O–H groups in total. The van der Waals surface area contributed by atoms with Gasteiger partial charge in [0.1, 0.15) is 36.1 Å². The van der Waals surface area contributed by atoms with Gasteiger partial charge in [-0.1, -0.05) is 60.7 Å². The SMILES string of the molecule is O[C@@H]1c2cc(OC(c3ccccc3)c3ccccc3)ccc2OC[C@@H]1Oc1cccnc1. The fourth-order valence-electron chi connectivity index (χ4n) is 3.84. The van der Waals surface area contributed by atoms with Crippen LogP contribution in [0.25, 0.3) is 0 Å². The molecule has 0 bridgehead atoms. The minimum atomic E-state index is -0.852. The van der Waals surface area contributed by atoms with E-state index < -0.39 is 12.2 Å². The molecule has 0 radical (unpaired) electrons. The van der Waals surface area contributed by atoms with Crippen molar-refractivity contribution in [3.63, 3.8) is 0 Å². The van der Waals surface area contributed by atoms with Gasteiger partial charge >= 0.3 is 0 Å². The molecule has 0 unspecified atom stereocenters. The maximum atomic E-state index is 11.0. The molecule has 5 heteroatoms. The molecule has 2 heterocycles. The molecule has 1 aliphatic heterocycles. The summed E-state index contributed by atoms with van der Waals surface area (Å²) in [5, 5.41) is 11.0. The summed E-state index contributed by atoms with van der Waals surface area (Å²) in [5.41, 5.74) is 2.74. The normalized spacial score (nSPS) is 17.3. The number of hydrogen-bond donors (Lipinski definition) is 1. The third-order valence-electron chi connectivity index (χ3n) is 5.44. The number of aliphatic hydroxyl groups excluding tert-OH is 1. The maximum Gasteiger partial charge on any atom is 0.163 e. The number of aliphatic hydroxyl groups is 1. The van der Waals surface area contributed by atoms with Gasteiger partial charge in [-0.05, 0) is 41.5 Å². The van der Waals surface area contributed by atoms with Crippen LogP contribution in [0.3, 0.4) is 0 Å². The van der Waals surface area contributed by atoms with Crippen LogP contribution in [0.2, 0.25) is 0 Å². The number of rotatable bonds is 6. The first-order chi connectivity index (χ1) is 15.8. The lowest BCUT2D eigenvalue weighted by molar-refractivity contribution is -0.0106. The highest BCUT2D eigenvalue weighted by atomic mass is 16.5. The molecule has 2 atom stereocenters. The average molecular weight is 425 g/mol. The van der Waals surface area contributed by atoms with Crippen LogP contribution >= 0.6 is 0 Å². The first-order valence-corrected chi connectivity index (χ1v) is 10.6. The summed E-state index contributed by atoms with van der Waals surface area (Å²) in [5.74, 6) is 1.86. The smallest absolute Gasteiger partial charge is 0.163 e. The van der Waals surface area contributed by atoms with Crippen LogP contribution in [-0.4, -0.2) is 22.8 Å². The van der Waals surface area contributed by atoms with Crippen LogP contribution in [-0.2, 0) is 0 Å². The minimum absolute atomic E-state index is 0.250. The van der Waals surface area contributed by atoms with Crippen LogP contribution in [0.5, 0.6) is 17.2 Å². The molecule has 5 rings (SSSR count). The maximum absolute atomic E-state index is 11.0. The highest BCUT2D eigenvalue weighted by Gasteiger charge is 2.32. The number of nitrogens with zero attached hydrogens (tertiary/aromatic N) is 1. The fraction of sp³-hybridized carbons (Fsp3) is 0.148. The molecule has 0 amide bonds. The molecule has 160 valence electrons. The fourth-order valence-corrected chi connectivity index (χ4v) is 3.84. The van der Waals surface area contributed by atoms with Gasteiger partial charge in [-0.3, -0.25) is 4.98 Å². The summed E-state index contributed by atoms with van der Waals surface area (Å²) in [6.07, 6.45) is 1.62. The van der Waals surface area contributed by atoms with Crippen molar-refractivity contribution in [1.82, 2.24) is 4.98 Å². The van der Waals surface area contributed by atoms with E-state index in [9.17, 15) is 5.11 Å². The molecule has 0 spiro atoms. The lowest BCUT2D eigenvalue weighted by Crippen LogP contribution is -2.35. The second-order valence-corrected chi connectivity index (χ2v) is 7.62. The number of pyridine rings is 1. The third-order valence-corrected chi connectivity index (χ3v) is 5.44. The van der Waals surface area contributed by atoms with Gasteiger partial charge in [0.05, 0.1) is 6.20 Å². The molecule has 0 saturated carbocycles. The number of aromatic nitrogens is 1. The van der Waals surface area contributed by atoms with Crippen LogP contribution in [0.4, 0.5) is 0 Å². The van der Waals surface area contributed by atoms with Crippen LogP contribution in [0.15, 0.2) is 103 Å². The second-order valence-electron chi connectivity index (χ2n) is 7.62. The van der Waals surface area contributed by atoms with E-state index in [-0.39, 0.29) is 12.7 Å². The van der Waals surface area contributed by atoms with Gasteiger partial charge < -0.3 is 19.3 Å². The van der Waals surface area contributed by atoms with Crippen LogP contribution < -0.4 is 14.2 Å². The zero-order valence-electron chi connectivity index (χ0n) is 17.4. The monoisotopic (exact) mass is 425 g/mol. The van der Waals surface area contributed by atoms with Gasteiger partial charge in [0.2, 0.25) is 0 Å². The lowest BCUT2D eigenvalue weighted by Gasteiger charge is -2.31. The first kappa shape index (κ1) is 20.1. The number of benzene rings is 3. The van der Waals surface area contributed by atoms with Crippen molar-refractivity contribution in [2.24, 2.45) is 0 Å². The predicted molar refractivity (Wildman–Crippen MR) is 121 cm³/mol. The van der Waals surface area contributed by atoms with Crippen LogP contribution in [0.1, 0.15) is 28.9 Å². The molecule has 1 aliphatic rings. The molecule has 1 aromatic heterocycles. The van der Waals surface area contributed by atoms with Gasteiger partial charge in [0, 0.05) is 11.8 Å². The Kier molecular flexibility index (Phi) is 5.73. The Bertz CT molecular complexity index is 1110. The number of ether oxygens (including phenoxy) is 3.